The second-order valence-electron chi connectivity index (χ2n) is 8.85. The molecule has 176 valence electrons. The standard InChI is InChI=1S/C25H22BrClFN3O2S/c1-12-7-16(33-21-5-6-29-20-4-3-15(28)10-18(20)21)11-17(12)13(2)24(32)31-25-30-23-19(26)8-14(27)9-22(23)34-25/h3-6,8-10,12-13,16-17H,7,11H2,1-2H3,(H,30,31,32). The SMILES string of the molecule is CC1CC(Oc2ccnc3ccc(F)cc23)CC1C(C)C(=O)Nc1nc2c(Br)cc(Cl)cc2s1. The lowest BCUT2D eigenvalue weighted by atomic mass is 9.85. The first kappa shape index (κ1) is 23.5. The summed E-state index contributed by atoms with van der Waals surface area (Å²) < 4.78 is 21.8. The highest BCUT2D eigenvalue weighted by Crippen LogP contribution is 2.41. The van der Waals surface area contributed by atoms with Gasteiger partial charge in [0, 0.05) is 27.0 Å². The molecular weight excluding hydrogens is 541 g/mol. The minimum absolute atomic E-state index is 0.0512. The number of aromatic nitrogens is 2. The summed E-state index contributed by atoms with van der Waals surface area (Å²) in [4.78, 5) is 21.9. The zero-order valence-electron chi connectivity index (χ0n) is 18.5. The number of fused-ring (bicyclic) bond motifs is 2. The lowest BCUT2D eigenvalue weighted by molar-refractivity contribution is -0.121. The number of thiazole rings is 1. The minimum atomic E-state index is -0.322. The van der Waals surface area contributed by atoms with E-state index in [9.17, 15) is 9.18 Å². The van der Waals surface area contributed by atoms with E-state index in [2.05, 4.69) is 38.1 Å². The number of ether oxygens (including phenoxy) is 1. The predicted octanol–water partition coefficient (Wildman–Crippen LogP) is 7.47. The third kappa shape index (κ3) is 4.63. The van der Waals surface area contributed by atoms with Crippen LogP contribution in [0.3, 0.4) is 0 Å². The molecule has 1 saturated carbocycles. The van der Waals surface area contributed by atoms with Crippen molar-refractivity contribution in [1.82, 2.24) is 9.97 Å². The zero-order valence-corrected chi connectivity index (χ0v) is 21.7. The molecule has 1 N–H and O–H groups in total. The van der Waals surface area contributed by atoms with Crippen LogP contribution in [0.1, 0.15) is 26.7 Å². The first-order chi connectivity index (χ1) is 16.3. The third-order valence-electron chi connectivity index (χ3n) is 6.56. The van der Waals surface area contributed by atoms with Crippen molar-refractivity contribution in [3.8, 4) is 5.75 Å². The molecule has 4 aromatic rings. The Labute approximate surface area is 213 Å². The molecule has 2 aromatic carbocycles. The highest BCUT2D eigenvalue weighted by atomic mass is 79.9. The van der Waals surface area contributed by atoms with Gasteiger partial charge >= 0.3 is 0 Å². The first-order valence-corrected chi connectivity index (χ1v) is 13.0. The number of amides is 1. The van der Waals surface area contributed by atoms with E-state index in [1.807, 2.05) is 13.0 Å². The molecule has 2 heterocycles. The van der Waals surface area contributed by atoms with Gasteiger partial charge in [-0.3, -0.25) is 9.78 Å². The van der Waals surface area contributed by atoms with Crippen LogP contribution in [-0.4, -0.2) is 22.0 Å². The molecule has 1 amide bonds. The number of rotatable bonds is 5. The fraction of sp³-hybridized carbons (Fsp3) is 0.320. The average Bonchev–Trinajstić information content (AvgIpc) is 3.36. The van der Waals surface area contributed by atoms with Gasteiger partial charge in [0.05, 0.1) is 21.8 Å². The molecule has 0 aliphatic heterocycles. The Kier molecular flexibility index (Phi) is 6.48. The van der Waals surface area contributed by atoms with Gasteiger partial charge in [-0.25, -0.2) is 9.37 Å². The Balaban J connectivity index is 1.28. The van der Waals surface area contributed by atoms with Crippen LogP contribution >= 0.6 is 38.9 Å². The van der Waals surface area contributed by atoms with Crippen LogP contribution in [0, 0.1) is 23.6 Å². The summed E-state index contributed by atoms with van der Waals surface area (Å²) >= 11 is 11.0. The smallest absolute Gasteiger partial charge is 0.229 e. The highest BCUT2D eigenvalue weighted by Gasteiger charge is 2.39. The summed E-state index contributed by atoms with van der Waals surface area (Å²) in [7, 11) is 0. The van der Waals surface area contributed by atoms with Crippen LogP contribution in [0.5, 0.6) is 5.75 Å². The molecule has 9 heteroatoms. The molecule has 4 unspecified atom stereocenters. The normalized spacial score (nSPS) is 21.1. The van der Waals surface area contributed by atoms with E-state index >= 15 is 0 Å². The van der Waals surface area contributed by atoms with Crippen LogP contribution in [0.25, 0.3) is 21.1 Å². The van der Waals surface area contributed by atoms with Crippen LogP contribution in [0.15, 0.2) is 47.1 Å². The van der Waals surface area contributed by atoms with Crippen molar-refractivity contribution in [3.05, 3.63) is 57.9 Å². The molecule has 4 atom stereocenters. The van der Waals surface area contributed by atoms with Crippen molar-refractivity contribution in [2.24, 2.45) is 17.8 Å². The topological polar surface area (TPSA) is 64.1 Å². The van der Waals surface area contributed by atoms with Crippen molar-refractivity contribution in [2.75, 3.05) is 5.32 Å². The van der Waals surface area contributed by atoms with E-state index < -0.39 is 0 Å². The summed E-state index contributed by atoms with van der Waals surface area (Å²) in [5, 5.41) is 4.81. The molecule has 0 saturated heterocycles. The maximum atomic E-state index is 13.8. The second kappa shape index (κ2) is 9.40. The molecular formula is C25H22BrClFN3O2S. The molecule has 0 radical (unpaired) electrons. The fourth-order valence-electron chi connectivity index (χ4n) is 4.81. The van der Waals surface area contributed by atoms with Crippen molar-refractivity contribution >= 4 is 71.0 Å². The number of nitrogens with zero attached hydrogens (tertiary/aromatic N) is 2. The lowest BCUT2D eigenvalue weighted by Gasteiger charge is -2.22. The van der Waals surface area contributed by atoms with E-state index in [1.165, 1.54) is 23.5 Å². The van der Waals surface area contributed by atoms with Gasteiger partial charge in [0.15, 0.2) is 5.13 Å². The number of carbonyl (C=O) groups excluding carboxylic acids is 1. The van der Waals surface area contributed by atoms with Crippen LogP contribution in [0.4, 0.5) is 9.52 Å². The van der Waals surface area contributed by atoms with Crippen LogP contribution < -0.4 is 10.1 Å². The summed E-state index contributed by atoms with van der Waals surface area (Å²) in [6.07, 6.45) is 3.19. The maximum Gasteiger partial charge on any atom is 0.229 e. The van der Waals surface area contributed by atoms with Gasteiger partial charge in [0.1, 0.15) is 11.6 Å². The number of carbonyl (C=O) groups is 1. The number of hydrogen-bond donors (Lipinski definition) is 1. The highest BCUT2D eigenvalue weighted by molar-refractivity contribution is 9.10. The Bertz CT molecular complexity index is 1400. The van der Waals surface area contributed by atoms with Gasteiger partial charge < -0.3 is 10.1 Å². The molecule has 2 aromatic heterocycles. The van der Waals surface area contributed by atoms with Gasteiger partial charge in [-0.15, -0.1) is 0 Å². The largest absolute Gasteiger partial charge is 0.490 e. The number of benzene rings is 2. The van der Waals surface area contributed by atoms with Gasteiger partial charge in [0.25, 0.3) is 0 Å². The van der Waals surface area contributed by atoms with E-state index in [1.54, 1.807) is 24.4 Å². The zero-order chi connectivity index (χ0) is 24.0. The minimum Gasteiger partial charge on any atom is -0.490 e. The second-order valence-corrected chi connectivity index (χ2v) is 11.2. The molecule has 1 aliphatic carbocycles. The number of pyridine rings is 1. The van der Waals surface area contributed by atoms with Crippen molar-refractivity contribution < 1.29 is 13.9 Å². The van der Waals surface area contributed by atoms with E-state index in [0.717, 1.165) is 27.5 Å². The molecule has 5 nitrogen and oxygen atoms in total. The number of anilines is 1. The van der Waals surface area contributed by atoms with E-state index in [-0.39, 0.29) is 29.7 Å². The Morgan fingerprint density at radius 2 is 2.12 bits per heavy atom. The Morgan fingerprint density at radius 1 is 1.29 bits per heavy atom. The summed E-state index contributed by atoms with van der Waals surface area (Å²) in [5.74, 6) is 0.490. The molecule has 1 aliphatic rings. The third-order valence-corrected chi connectivity index (χ3v) is 8.30. The average molecular weight is 563 g/mol. The van der Waals surface area contributed by atoms with Crippen molar-refractivity contribution in [1.29, 1.82) is 0 Å². The lowest BCUT2D eigenvalue weighted by Crippen LogP contribution is -2.28. The maximum absolute atomic E-state index is 13.8. The Morgan fingerprint density at radius 3 is 2.94 bits per heavy atom. The van der Waals surface area contributed by atoms with E-state index in [0.29, 0.717) is 32.7 Å². The quantitative estimate of drug-likeness (QED) is 0.274. The van der Waals surface area contributed by atoms with Crippen LogP contribution in [0.2, 0.25) is 5.02 Å². The van der Waals surface area contributed by atoms with E-state index in [4.69, 9.17) is 16.3 Å². The van der Waals surface area contributed by atoms with Gasteiger partial charge in [-0.05, 0) is 77.0 Å². The molecule has 34 heavy (non-hydrogen) atoms. The molecule has 0 bridgehead atoms. The van der Waals surface area contributed by atoms with Crippen LogP contribution in [-0.2, 0) is 4.79 Å². The Hall–Kier alpha value is -2.29. The molecule has 0 spiro atoms. The van der Waals surface area contributed by atoms with Crippen molar-refractivity contribution in [3.63, 3.8) is 0 Å². The molecule has 1 fully saturated rings. The van der Waals surface area contributed by atoms with Crippen molar-refractivity contribution in [2.45, 2.75) is 32.8 Å². The molecule has 5 rings (SSSR count). The van der Waals surface area contributed by atoms with Gasteiger partial charge in [-0.1, -0.05) is 36.8 Å². The number of halogens is 3. The number of nitrogens with one attached hydrogen (secondary N) is 1. The summed E-state index contributed by atoms with van der Waals surface area (Å²) in [6.45, 7) is 4.11. The summed E-state index contributed by atoms with van der Waals surface area (Å²) in [6, 6.07) is 9.90. The fourth-order valence-corrected chi connectivity index (χ4v) is 6.84. The van der Waals surface area contributed by atoms with Gasteiger partial charge in [0.2, 0.25) is 5.91 Å². The predicted molar refractivity (Wildman–Crippen MR) is 138 cm³/mol. The first-order valence-electron chi connectivity index (χ1n) is 11.1. The van der Waals surface area contributed by atoms with Gasteiger partial charge in [-0.2, -0.15) is 0 Å². The number of hydrogen-bond acceptors (Lipinski definition) is 5. The summed E-state index contributed by atoms with van der Waals surface area (Å²) in [5.41, 5.74) is 1.47. The monoisotopic (exact) mass is 561 g/mol.